The van der Waals surface area contributed by atoms with E-state index in [0.717, 1.165) is 24.3 Å². The lowest BCUT2D eigenvalue weighted by Gasteiger charge is -1.99. The van der Waals surface area contributed by atoms with Gasteiger partial charge in [-0.3, -0.25) is 4.79 Å². The van der Waals surface area contributed by atoms with Gasteiger partial charge in [0.1, 0.15) is 5.82 Å². The van der Waals surface area contributed by atoms with E-state index in [4.69, 9.17) is 11.6 Å². The lowest BCUT2D eigenvalue weighted by Crippen LogP contribution is -1.95. The third-order valence-corrected chi connectivity index (χ3v) is 2.89. The SMILES string of the molecule is O=C(C=Cc1cccc(F)c1F)c1ccc(F)c(Cl)c1. The van der Waals surface area contributed by atoms with Crippen molar-refractivity contribution in [2.45, 2.75) is 0 Å². The summed E-state index contributed by atoms with van der Waals surface area (Å²) in [6.07, 6.45) is 2.22. The summed E-state index contributed by atoms with van der Waals surface area (Å²) in [5.74, 6) is -3.16. The molecule has 0 heterocycles. The molecule has 0 bridgehead atoms. The number of ketones is 1. The van der Waals surface area contributed by atoms with E-state index in [1.165, 1.54) is 24.3 Å². The molecule has 0 spiro atoms. The van der Waals surface area contributed by atoms with Gasteiger partial charge in [0.25, 0.3) is 0 Å². The number of allylic oxidation sites excluding steroid dienone is 1. The van der Waals surface area contributed by atoms with E-state index in [0.29, 0.717) is 0 Å². The summed E-state index contributed by atoms with van der Waals surface area (Å²) in [4.78, 5) is 11.8. The van der Waals surface area contributed by atoms with Crippen LogP contribution in [0, 0.1) is 17.5 Å². The van der Waals surface area contributed by atoms with Gasteiger partial charge < -0.3 is 0 Å². The van der Waals surface area contributed by atoms with Crippen LogP contribution in [-0.4, -0.2) is 5.78 Å². The maximum Gasteiger partial charge on any atom is 0.185 e. The van der Waals surface area contributed by atoms with E-state index >= 15 is 0 Å². The fraction of sp³-hybridized carbons (Fsp3) is 0. The van der Waals surface area contributed by atoms with E-state index in [9.17, 15) is 18.0 Å². The van der Waals surface area contributed by atoms with Crippen molar-refractivity contribution in [1.29, 1.82) is 0 Å². The number of hydrogen-bond donors (Lipinski definition) is 0. The first kappa shape index (κ1) is 14.3. The van der Waals surface area contributed by atoms with Crippen molar-refractivity contribution in [2.75, 3.05) is 0 Å². The van der Waals surface area contributed by atoms with Crippen LogP contribution in [-0.2, 0) is 0 Å². The summed E-state index contributed by atoms with van der Waals surface area (Å²) < 4.78 is 39.3. The molecule has 0 aliphatic heterocycles. The molecule has 1 nitrogen and oxygen atoms in total. The van der Waals surface area contributed by atoms with Gasteiger partial charge in [0.05, 0.1) is 5.02 Å². The van der Waals surface area contributed by atoms with Crippen molar-refractivity contribution in [1.82, 2.24) is 0 Å². The van der Waals surface area contributed by atoms with Crippen LogP contribution >= 0.6 is 11.6 Å². The lowest BCUT2D eigenvalue weighted by atomic mass is 10.1. The molecule has 2 aromatic carbocycles. The van der Waals surface area contributed by atoms with Gasteiger partial charge in [0, 0.05) is 11.1 Å². The van der Waals surface area contributed by atoms with E-state index in [2.05, 4.69) is 0 Å². The van der Waals surface area contributed by atoms with Crippen molar-refractivity contribution < 1.29 is 18.0 Å². The maximum absolute atomic E-state index is 13.4. The highest BCUT2D eigenvalue weighted by atomic mass is 35.5. The molecule has 102 valence electrons. The predicted octanol–water partition coefficient (Wildman–Crippen LogP) is 4.65. The monoisotopic (exact) mass is 296 g/mol. The van der Waals surface area contributed by atoms with E-state index in [1.54, 1.807) is 0 Å². The third kappa shape index (κ3) is 3.08. The molecular weight excluding hydrogens is 289 g/mol. The Kier molecular flexibility index (Phi) is 4.25. The van der Waals surface area contributed by atoms with E-state index < -0.39 is 23.2 Å². The molecule has 0 saturated heterocycles. The summed E-state index contributed by atoms with van der Waals surface area (Å²) >= 11 is 5.56. The largest absolute Gasteiger partial charge is 0.289 e. The molecule has 0 fully saturated rings. The van der Waals surface area contributed by atoms with E-state index in [1.807, 2.05) is 0 Å². The number of rotatable bonds is 3. The zero-order valence-electron chi connectivity index (χ0n) is 10.0. The quantitative estimate of drug-likeness (QED) is 0.595. The average Bonchev–Trinajstić information content (AvgIpc) is 2.43. The van der Waals surface area contributed by atoms with Crippen molar-refractivity contribution in [3.63, 3.8) is 0 Å². The van der Waals surface area contributed by atoms with E-state index in [-0.39, 0.29) is 16.1 Å². The minimum Gasteiger partial charge on any atom is -0.289 e. The topological polar surface area (TPSA) is 17.1 Å². The van der Waals surface area contributed by atoms with Gasteiger partial charge in [-0.05, 0) is 36.4 Å². The van der Waals surface area contributed by atoms with Crippen molar-refractivity contribution in [3.05, 3.63) is 76.1 Å². The van der Waals surface area contributed by atoms with Gasteiger partial charge in [0.2, 0.25) is 0 Å². The Labute approximate surface area is 118 Å². The molecule has 2 rings (SSSR count). The molecule has 0 saturated carbocycles. The first-order valence-electron chi connectivity index (χ1n) is 5.60. The first-order valence-corrected chi connectivity index (χ1v) is 5.98. The summed E-state index contributed by atoms with van der Waals surface area (Å²) in [7, 11) is 0. The smallest absolute Gasteiger partial charge is 0.185 e. The van der Waals surface area contributed by atoms with Crippen molar-refractivity contribution in [2.24, 2.45) is 0 Å². The van der Waals surface area contributed by atoms with Crippen LogP contribution < -0.4 is 0 Å². The van der Waals surface area contributed by atoms with Crippen LogP contribution in [0.5, 0.6) is 0 Å². The van der Waals surface area contributed by atoms with Gasteiger partial charge in [-0.2, -0.15) is 0 Å². The predicted molar refractivity (Wildman–Crippen MR) is 71.1 cm³/mol. The molecule has 5 heteroatoms. The molecule has 0 aliphatic carbocycles. The molecule has 0 aromatic heterocycles. The van der Waals surface area contributed by atoms with Gasteiger partial charge in [-0.1, -0.05) is 23.7 Å². The summed E-state index contributed by atoms with van der Waals surface area (Å²) in [6, 6.07) is 7.14. The van der Waals surface area contributed by atoms with Crippen LogP contribution in [0.15, 0.2) is 42.5 Å². The number of halogens is 4. The number of carbonyl (C=O) groups is 1. The Morgan fingerprint density at radius 1 is 1.05 bits per heavy atom. The standard InChI is InChI=1S/C15H8ClF3O/c16-11-8-10(4-6-12(11)17)14(20)7-5-9-2-1-3-13(18)15(9)19/h1-8H. The minimum absolute atomic E-state index is 0.0495. The van der Waals surface area contributed by atoms with Gasteiger partial charge in [0.15, 0.2) is 17.4 Å². The Balaban J connectivity index is 2.24. The molecule has 2 aromatic rings. The second-order valence-electron chi connectivity index (χ2n) is 3.97. The molecule has 20 heavy (non-hydrogen) atoms. The maximum atomic E-state index is 13.4. The molecule has 0 amide bonds. The average molecular weight is 297 g/mol. The normalized spacial score (nSPS) is 11.0. The third-order valence-electron chi connectivity index (χ3n) is 2.60. The highest BCUT2D eigenvalue weighted by molar-refractivity contribution is 6.31. The second-order valence-corrected chi connectivity index (χ2v) is 4.38. The highest BCUT2D eigenvalue weighted by Gasteiger charge is 2.08. The molecule has 0 atom stereocenters. The number of hydrogen-bond acceptors (Lipinski definition) is 1. The Morgan fingerprint density at radius 2 is 1.80 bits per heavy atom. The fourth-order valence-electron chi connectivity index (χ4n) is 1.56. The zero-order chi connectivity index (χ0) is 14.7. The summed E-state index contributed by atoms with van der Waals surface area (Å²) in [5, 5.41) is -0.179. The molecule has 0 aliphatic rings. The van der Waals surface area contributed by atoms with Crippen LogP contribution in [0.1, 0.15) is 15.9 Å². The number of benzene rings is 2. The van der Waals surface area contributed by atoms with Crippen LogP contribution in [0.3, 0.4) is 0 Å². The summed E-state index contributed by atoms with van der Waals surface area (Å²) in [6.45, 7) is 0. The zero-order valence-corrected chi connectivity index (χ0v) is 10.8. The lowest BCUT2D eigenvalue weighted by molar-refractivity contribution is 0.104. The highest BCUT2D eigenvalue weighted by Crippen LogP contribution is 2.17. The Bertz CT molecular complexity index is 696. The van der Waals surface area contributed by atoms with Gasteiger partial charge in [-0.25, -0.2) is 13.2 Å². The van der Waals surface area contributed by atoms with Crippen LogP contribution in [0.25, 0.3) is 6.08 Å². The molecule has 0 unspecified atom stereocenters. The van der Waals surface area contributed by atoms with Gasteiger partial charge >= 0.3 is 0 Å². The molecule has 0 radical (unpaired) electrons. The van der Waals surface area contributed by atoms with Gasteiger partial charge in [-0.15, -0.1) is 0 Å². The Morgan fingerprint density at radius 3 is 2.50 bits per heavy atom. The second kappa shape index (κ2) is 5.92. The number of carbonyl (C=O) groups excluding carboxylic acids is 1. The van der Waals surface area contributed by atoms with Crippen molar-refractivity contribution in [3.8, 4) is 0 Å². The fourth-order valence-corrected chi connectivity index (χ4v) is 1.74. The first-order chi connectivity index (χ1) is 9.49. The molecule has 0 N–H and O–H groups in total. The minimum atomic E-state index is -1.03. The van der Waals surface area contributed by atoms with Crippen molar-refractivity contribution >= 4 is 23.5 Å². The van der Waals surface area contributed by atoms with Crippen LogP contribution in [0.2, 0.25) is 5.02 Å². The molecular formula is C15H8ClF3O. The summed E-state index contributed by atoms with van der Waals surface area (Å²) in [5.41, 5.74) is 0.107. The van der Waals surface area contributed by atoms with Crippen LogP contribution in [0.4, 0.5) is 13.2 Å². The Hall–Kier alpha value is -2.07.